The topological polar surface area (TPSA) is 43.1 Å². The fourth-order valence-corrected chi connectivity index (χ4v) is 1.42. The Labute approximate surface area is 87.6 Å². The molecule has 0 unspecified atom stereocenters. The lowest BCUT2D eigenvalue weighted by Gasteiger charge is -2.20. The number of hydrogen-bond acceptors (Lipinski definition) is 2. The number of allylic oxidation sites excluding steroid dienone is 1. The second kappa shape index (κ2) is 7.74. The smallest absolute Gasteiger partial charge is 0.139 e. The van der Waals surface area contributed by atoms with Gasteiger partial charge in [0.05, 0.1) is 5.54 Å². The quantitative estimate of drug-likeness (QED) is 0.351. The molecule has 0 aromatic heterocycles. The van der Waals surface area contributed by atoms with Crippen molar-refractivity contribution in [3.8, 4) is 0 Å². The normalized spacial score (nSPS) is 14.7. The number of rotatable bonds is 9. The van der Waals surface area contributed by atoms with Crippen LogP contribution in [0.5, 0.6) is 0 Å². The molecular formula is C12H23NO. The molecule has 82 valence electrons. The van der Waals surface area contributed by atoms with Crippen LogP contribution in [0.4, 0.5) is 0 Å². The van der Waals surface area contributed by atoms with Crippen LogP contribution in [0.3, 0.4) is 0 Å². The van der Waals surface area contributed by atoms with Crippen molar-refractivity contribution in [3.05, 3.63) is 12.7 Å². The van der Waals surface area contributed by atoms with Crippen molar-refractivity contribution in [2.24, 2.45) is 5.73 Å². The molecule has 2 N–H and O–H groups in total. The van der Waals surface area contributed by atoms with E-state index in [0.29, 0.717) is 0 Å². The third-order valence-corrected chi connectivity index (χ3v) is 2.69. The van der Waals surface area contributed by atoms with Gasteiger partial charge in [0, 0.05) is 0 Å². The SMILES string of the molecule is C=CCCCCCC[C@@](N)(C=O)CC. The molecule has 0 aromatic carbocycles. The first-order valence-corrected chi connectivity index (χ1v) is 5.54. The Hall–Kier alpha value is -0.630. The number of aldehydes is 1. The molecule has 0 saturated carbocycles. The van der Waals surface area contributed by atoms with Gasteiger partial charge in [-0.3, -0.25) is 0 Å². The number of carbonyl (C=O) groups excluding carboxylic acids is 1. The molecule has 0 spiro atoms. The van der Waals surface area contributed by atoms with Gasteiger partial charge < -0.3 is 10.5 Å². The average Bonchev–Trinajstić information content (AvgIpc) is 2.23. The number of hydrogen-bond donors (Lipinski definition) is 1. The molecular weight excluding hydrogens is 174 g/mol. The Morgan fingerprint density at radius 3 is 2.43 bits per heavy atom. The minimum Gasteiger partial charge on any atom is -0.319 e. The summed E-state index contributed by atoms with van der Waals surface area (Å²) in [5.41, 5.74) is 5.28. The Kier molecular flexibility index (Phi) is 7.40. The van der Waals surface area contributed by atoms with E-state index in [-0.39, 0.29) is 0 Å². The monoisotopic (exact) mass is 197 g/mol. The van der Waals surface area contributed by atoms with E-state index in [1.807, 2.05) is 13.0 Å². The van der Waals surface area contributed by atoms with Crippen LogP contribution in [0.2, 0.25) is 0 Å². The average molecular weight is 197 g/mol. The molecule has 0 heterocycles. The van der Waals surface area contributed by atoms with Crippen molar-refractivity contribution in [3.63, 3.8) is 0 Å². The zero-order chi connectivity index (χ0) is 10.9. The van der Waals surface area contributed by atoms with E-state index < -0.39 is 5.54 Å². The summed E-state index contributed by atoms with van der Waals surface area (Å²) in [4.78, 5) is 10.7. The summed E-state index contributed by atoms with van der Waals surface area (Å²) in [5, 5.41) is 0. The van der Waals surface area contributed by atoms with Crippen LogP contribution in [-0.4, -0.2) is 11.8 Å². The molecule has 0 aliphatic carbocycles. The van der Waals surface area contributed by atoms with Crippen LogP contribution in [0, 0.1) is 0 Å². The minimum absolute atomic E-state index is 0.571. The van der Waals surface area contributed by atoms with E-state index in [9.17, 15) is 4.79 Å². The van der Waals surface area contributed by atoms with Crippen LogP contribution < -0.4 is 5.73 Å². The van der Waals surface area contributed by atoms with Gasteiger partial charge in [0.15, 0.2) is 0 Å². The Bertz CT molecular complexity index is 168. The van der Waals surface area contributed by atoms with Crippen molar-refractivity contribution in [1.29, 1.82) is 0 Å². The number of unbranched alkanes of at least 4 members (excludes halogenated alkanes) is 4. The first-order valence-electron chi connectivity index (χ1n) is 5.54. The highest BCUT2D eigenvalue weighted by molar-refractivity contribution is 5.63. The zero-order valence-electron chi connectivity index (χ0n) is 9.30. The molecule has 14 heavy (non-hydrogen) atoms. The van der Waals surface area contributed by atoms with E-state index in [0.717, 1.165) is 32.0 Å². The maximum Gasteiger partial charge on any atom is 0.139 e. The largest absolute Gasteiger partial charge is 0.319 e. The van der Waals surface area contributed by atoms with Crippen LogP contribution in [0.1, 0.15) is 51.9 Å². The fraction of sp³-hybridized carbons (Fsp3) is 0.750. The molecule has 0 aliphatic heterocycles. The predicted octanol–water partition coefficient (Wildman–Crippen LogP) is 2.82. The van der Waals surface area contributed by atoms with E-state index >= 15 is 0 Å². The van der Waals surface area contributed by atoms with Gasteiger partial charge in [0.1, 0.15) is 6.29 Å². The number of nitrogens with two attached hydrogens (primary N) is 1. The molecule has 0 radical (unpaired) electrons. The van der Waals surface area contributed by atoms with Gasteiger partial charge >= 0.3 is 0 Å². The highest BCUT2D eigenvalue weighted by atomic mass is 16.1. The molecule has 0 amide bonds. The van der Waals surface area contributed by atoms with E-state index in [1.54, 1.807) is 0 Å². The first kappa shape index (κ1) is 13.4. The fourth-order valence-electron chi connectivity index (χ4n) is 1.42. The van der Waals surface area contributed by atoms with E-state index in [4.69, 9.17) is 5.73 Å². The van der Waals surface area contributed by atoms with E-state index in [2.05, 4.69) is 6.58 Å². The van der Waals surface area contributed by atoms with Crippen LogP contribution in [0.25, 0.3) is 0 Å². The summed E-state index contributed by atoms with van der Waals surface area (Å²) in [5.74, 6) is 0. The Balaban J connectivity index is 3.42. The summed E-state index contributed by atoms with van der Waals surface area (Å²) in [6.45, 7) is 5.64. The Morgan fingerprint density at radius 2 is 1.93 bits per heavy atom. The molecule has 0 aromatic rings. The van der Waals surface area contributed by atoms with Crippen LogP contribution >= 0.6 is 0 Å². The van der Waals surface area contributed by atoms with Crippen LogP contribution in [-0.2, 0) is 4.79 Å². The van der Waals surface area contributed by atoms with Crippen molar-refractivity contribution in [2.45, 2.75) is 57.4 Å². The summed E-state index contributed by atoms with van der Waals surface area (Å²) in [7, 11) is 0. The van der Waals surface area contributed by atoms with Gasteiger partial charge in [-0.15, -0.1) is 6.58 Å². The second-order valence-electron chi connectivity index (χ2n) is 3.95. The summed E-state index contributed by atoms with van der Waals surface area (Å²) in [6, 6.07) is 0. The lowest BCUT2D eigenvalue weighted by molar-refractivity contribution is -0.112. The number of carbonyl (C=O) groups is 1. The molecule has 0 bridgehead atoms. The highest BCUT2D eigenvalue weighted by Gasteiger charge is 2.20. The van der Waals surface area contributed by atoms with Crippen molar-refractivity contribution in [2.75, 3.05) is 0 Å². The molecule has 2 heteroatoms. The van der Waals surface area contributed by atoms with Crippen molar-refractivity contribution < 1.29 is 4.79 Å². The lowest BCUT2D eigenvalue weighted by Crippen LogP contribution is -2.40. The van der Waals surface area contributed by atoms with Crippen LogP contribution in [0.15, 0.2) is 12.7 Å². The second-order valence-corrected chi connectivity index (χ2v) is 3.95. The van der Waals surface area contributed by atoms with Gasteiger partial charge in [-0.2, -0.15) is 0 Å². The molecule has 0 rings (SSSR count). The summed E-state index contributed by atoms with van der Waals surface area (Å²) >= 11 is 0. The minimum atomic E-state index is -0.571. The van der Waals surface area contributed by atoms with Crippen molar-refractivity contribution in [1.82, 2.24) is 0 Å². The van der Waals surface area contributed by atoms with Gasteiger partial charge in [-0.05, 0) is 25.7 Å². The molecule has 0 aliphatic rings. The third kappa shape index (κ3) is 5.92. The lowest BCUT2D eigenvalue weighted by atomic mass is 9.92. The van der Waals surface area contributed by atoms with Gasteiger partial charge in [-0.25, -0.2) is 0 Å². The maximum absolute atomic E-state index is 10.7. The summed E-state index contributed by atoms with van der Waals surface area (Å²) < 4.78 is 0. The summed E-state index contributed by atoms with van der Waals surface area (Å²) in [6.07, 6.45) is 10.1. The maximum atomic E-state index is 10.7. The van der Waals surface area contributed by atoms with E-state index in [1.165, 1.54) is 19.3 Å². The third-order valence-electron chi connectivity index (χ3n) is 2.69. The van der Waals surface area contributed by atoms with Gasteiger partial charge in [0.25, 0.3) is 0 Å². The molecule has 0 saturated heterocycles. The zero-order valence-corrected chi connectivity index (χ0v) is 9.30. The molecule has 2 nitrogen and oxygen atoms in total. The Morgan fingerprint density at radius 1 is 1.29 bits per heavy atom. The molecule has 1 atom stereocenters. The molecule has 0 fully saturated rings. The van der Waals surface area contributed by atoms with Crippen molar-refractivity contribution >= 4 is 6.29 Å². The predicted molar refractivity (Wildman–Crippen MR) is 61.2 cm³/mol. The van der Waals surface area contributed by atoms with Gasteiger partial charge in [-0.1, -0.05) is 32.3 Å². The highest BCUT2D eigenvalue weighted by Crippen LogP contribution is 2.14. The standard InChI is InChI=1S/C12H23NO/c1-3-5-6-7-8-9-10-12(13,4-2)11-14/h3,11H,1,4-10,13H2,2H3/t12-/m1/s1. The first-order chi connectivity index (χ1) is 6.68. The van der Waals surface area contributed by atoms with Gasteiger partial charge in [0.2, 0.25) is 0 Å².